The highest BCUT2D eigenvalue weighted by Crippen LogP contribution is 2.26. The van der Waals surface area contributed by atoms with Gasteiger partial charge in [-0.2, -0.15) is 5.10 Å². The maximum atomic E-state index is 14.8. The molecular weight excluding hydrogens is 459 g/mol. The summed E-state index contributed by atoms with van der Waals surface area (Å²) in [5, 5.41) is 19.7. The van der Waals surface area contributed by atoms with Gasteiger partial charge < -0.3 is 15.7 Å². The number of aliphatic hydroxyl groups excluding tert-OH is 1. The average Bonchev–Trinajstić information content (AvgIpc) is 3.35. The van der Waals surface area contributed by atoms with Crippen LogP contribution in [0.5, 0.6) is 0 Å². The molecule has 3 aromatic heterocycles. The largest absolute Gasteiger partial charge is 0.390 e. The third kappa shape index (κ3) is 4.37. The molecule has 3 N–H and O–H groups in total. The molecule has 1 saturated heterocycles. The molecule has 0 amide bonds. The number of benzene rings is 1. The molecule has 1 fully saturated rings. The number of aromatic nitrogens is 4. The summed E-state index contributed by atoms with van der Waals surface area (Å²) in [4.78, 5) is 8.70. The second-order valence-electron chi connectivity index (χ2n) is 8.11. The third-order valence-corrected chi connectivity index (χ3v) is 8.01. The van der Waals surface area contributed by atoms with E-state index in [0.717, 1.165) is 0 Å². The van der Waals surface area contributed by atoms with Gasteiger partial charge in [0.25, 0.3) is 0 Å². The topological polar surface area (TPSA) is 122 Å². The van der Waals surface area contributed by atoms with Crippen LogP contribution in [-0.4, -0.2) is 51.6 Å². The van der Waals surface area contributed by atoms with E-state index in [1.54, 1.807) is 42.7 Å². The van der Waals surface area contributed by atoms with Crippen LogP contribution in [0.1, 0.15) is 18.5 Å². The fraction of sp³-hybridized carbons (Fsp3) is 0.261. The van der Waals surface area contributed by atoms with E-state index in [4.69, 9.17) is 5.11 Å². The SMILES string of the molecule is O=S(=O)(c1ccc2cnc(Nc3ccc(-n4ccc(CO)n4)cc3F)cc2n1)C1CCNCC1. The molecule has 34 heavy (non-hydrogen) atoms. The number of piperidine rings is 1. The summed E-state index contributed by atoms with van der Waals surface area (Å²) >= 11 is 0. The zero-order chi connectivity index (χ0) is 23.7. The Labute approximate surface area is 195 Å². The summed E-state index contributed by atoms with van der Waals surface area (Å²) in [5.41, 5.74) is 1.64. The molecule has 0 bridgehead atoms. The first-order chi connectivity index (χ1) is 16.4. The fourth-order valence-corrected chi connectivity index (χ4v) is 5.66. The lowest BCUT2D eigenvalue weighted by atomic mass is 10.2. The second kappa shape index (κ2) is 9.09. The van der Waals surface area contributed by atoms with Crippen LogP contribution in [0.4, 0.5) is 15.9 Å². The van der Waals surface area contributed by atoms with Gasteiger partial charge in [-0.05, 0) is 56.3 Å². The van der Waals surface area contributed by atoms with E-state index in [1.807, 2.05) is 0 Å². The van der Waals surface area contributed by atoms with Crippen molar-refractivity contribution in [3.63, 3.8) is 0 Å². The fourth-order valence-electron chi connectivity index (χ4n) is 3.98. The summed E-state index contributed by atoms with van der Waals surface area (Å²) in [6.45, 7) is 1.14. The van der Waals surface area contributed by atoms with Gasteiger partial charge in [0.05, 0.1) is 34.4 Å². The van der Waals surface area contributed by atoms with Crippen LogP contribution in [0.3, 0.4) is 0 Å². The molecular formula is C23H23FN6O3S. The lowest BCUT2D eigenvalue weighted by molar-refractivity contribution is 0.276. The lowest BCUT2D eigenvalue weighted by Crippen LogP contribution is -2.36. The molecule has 0 unspecified atom stereocenters. The maximum absolute atomic E-state index is 14.8. The van der Waals surface area contributed by atoms with Crippen LogP contribution in [0.2, 0.25) is 0 Å². The van der Waals surface area contributed by atoms with E-state index in [1.165, 1.54) is 16.8 Å². The number of rotatable bonds is 6. The van der Waals surface area contributed by atoms with Crippen molar-refractivity contribution in [1.82, 2.24) is 25.1 Å². The Morgan fingerprint density at radius 2 is 1.97 bits per heavy atom. The number of anilines is 2. The van der Waals surface area contributed by atoms with Gasteiger partial charge in [-0.1, -0.05) is 0 Å². The molecule has 9 nitrogen and oxygen atoms in total. The van der Waals surface area contributed by atoms with Crippen LogP contribution >= 0.6 is 0 Å². The molecule has 0 atom stereocenters. The number of aliphatic hydroxyl groups is 1. The highest BCUT2D eigenvalue weighted by atomic mass is 32.2. The van der Waals surface area contributed by atoms with Gasteiger partial charge in [0.2, 0.25) is 0 Å². The third-order valence-electron chi connectivity index (χ3n) is 5.85. The van der Waals surface area contributed by atoms with Gasteiger partial charge in [-0.3, -0.25) is 0 Å². The molecule has 1 aromatic carbocycles. The first-order valence-corrected chi connectivity index (χ1v) is 12.4. The van der Waals surface area contributed by atoms with Crippen LogP contribution in [0.25, 0.3) is 16.6 Å². The van der Waals surface area contributed by atoms with Gasteiger partial charge in [-0.15, -0.1) is 0 Å². The Hall–Kier alpha value is -3.41. The minimum absolute atomic E-state index is 0.0426. The van der Waals surface area contributed by atoms with Crippen molar-refractivity contribution in [1.29, 1.82) is 0 Å². The molecule has 4 aromatic rings. The predicted octanol–water partition coefficient (Wildman–Crippen LogP) is 2.72. The second-order valence-corrected chi connectivity index (χ2v) is 10.3. The van der Waals surface area contributed by atoms with Crippen LogP contribution in [0, 0.1) is 5.82 Å². The van der Waals surface area contributed by atoms with E-state index in [9.17, 15) is 12.8 Å². The Morgan fingerprint density at radius 3 is 2.71 bits per heavy atom. The van der Waals surface area contributed by atoms with Crippen molar-refractivity contribution in [2.75, 3.05) is 18.4 Å². The van der Waals surface area contributed by atoms with Gasteiger partial charge in [0.1, 0.15) is 11.6 Å². The molecule has 11 heteroatoms. The summed E-state index contributed by atoms with van der Waals surface area (Å²) < 4.78 is 42.3. The molecule has 5 rings (SSSR count). The van der Waals surface area contributed by atoms with E-state index in [-0.39, 0.29) is 17.3 Å². The molecule has 1 aliphatic heterocycles. The number of fused-ring (bicyclic) bond motifs is 1. The molecule has 1 aliphatic rings. The number of hydrogen-bond donors (Lipinski definition) is 3. The van der Waals surface area contributed by atoms with Crippen molar-refractivity contribution in [2.24, 2.45) is 0 Å². The Kier molecular flexibility index (Phi) is 5.98. The van der Waals surface area contributed by atoms with Gasteiger partial charge in [0.15, 0.2) is 14.9 Å². The van der Waals surface area contributed by atoms with E-state index in [2.05, 4.69) is 25.7 Å². The molecule has 4 heterocycles. The molecule has 0 saturated carbocycles. The number of nitrogens with zero attached hydrogens (tertiary/aromatic N) is 4. The maximum Gasteiger partial charge on any atom is 0.198 e. The molecule has 176 valence electrons. The summed E-state index contributed by atoms with van der Waals surface area (Å²) in [6, 6.07) is 11.0. The smallest absolute Gasteiger partial charge is 0.198 e. The van der Waals surface area contributed by atoms with E-state index >= 15 is 0 Å². The molecule has 0 radical (unpaired) electrons. The highest BCUT2D eigenvalue weighted by molar-refractivity contribution is 7.92. The first-order valence-electron chi connectivity index (χ1n) is 10.9. The van der Waals surface area contributed by atoms with Gasteiger partial charge >= 0.3 is 0 Å². The standard InChI is InChI=1S/C23H23FN6O3S/c24-19-11-17(30-10-7-16(14-31)29-30)2-3-20(19)27-22-12-21-15(13-26-22)1-4-23(28-21)34(32,33)18-5-8-25-9-6-18/h1-4,7,10-13,18,25,31H,5-6,8-9,14H2,(H,26,27). The van der Waals surface area contributed by atoms with Crippen molar-refractivity contribution >= 4 is 32.2 Å². The number of halogens is 1. The lowest BCUT2D eigenvalue weighted by Gasteiger charge is -2.22. The Bertz CT molecular complexity index is 1450. The highest BCUT2D eigenvalue weighted by Gasteiger charge is 2.30. The van der Waals surface area contributed by atoms with E-state index in [0.29, 0.717) is 54.0 Å². The average molecular weight is 483 g/mol. The normalized spacial score (nSPS) is 15.0. The van der Waals surface area contributed by atoms with Crippen LogP contribution in [0.15, 0.2) is 59.9 Å². The summed E-state index contributed by atoms with van der Waals surface area (Å²) in [5.74, 6) is -0.180. The Balaban J connectivity index is 1.41. The molecule has 0 spiro atoms. The zero-order valence-corrected chi connectivity index (χ0v) is 19.0. The number of hydrogen-bond acceptors (Lipinski definition) is 8. The monoisotopic (exact) mass is 482 g/mol. The van der Waals surface area contributed by atoms with Crippen molar-refractivity contribution in [3.05, 3.63) is 66.4 Å². The number of sulfone groups is 1. The first kappa shape index (κ1) is 22.4. The van der Waals surface area contributed by atoms with Crippen molar-refractivity contribution < 1.29 is 17.9 Å². The summed E-state index contributed by atoms with van der Waals surface area (Å²) in [6.07, 6.45) is 4.32. The number of pyridine rings is 2. The van der Waals surface area contributed by atoms with Crippen LogP contribution < -0.4 is 10.6 Å². The molecule has 0 aliphatic carbocycles. The van der Waals surface area contributed by atoms with Crippen LogP contribution in [-0.2, 0) is 16.4 Å². The minimum Gasteiger partial charge on any atom is -0.390 e. The summed E-state index contributed by atoms with van der Waals surface area (Å²) in [7, 11) is -3.54. The Morgan fingerprint density at radius 1 is 1.15 bits per heavy atom. The van der Waals surface area contributed by atoms with E-state index < -0.39 is 20.9 Å². The van der Waals surface area contributed by atoms with Gasteiger partial charge in [-0.25, -0.2) is 27.5 Å². The van der Waals surface area contributed by atoms with Crippen molar-refractivity contribution in [2.45, 2.75) is 29.7 Å². The van der Waals surface area contributed by atoms with Gasteiger partial charge in [0, 0.05) is 29.9 Å². The zero-order valence-electron chi connectivity index (χ0n) is 18.1. The minimum atomic E-state index is -3.54. The quantitative estimate of drug-likeness (QED) is 0.384. The van der Waals surface area contributed by atoms with Crippen molar-refractivity contribution in [3.8, 4) is 5.69 Å². The predicted molar refractivity (Wildman–Crippen MR) is 125 cm³/mol. The number of nitrogens with one attached hydrogen (secondary N) is 2.